The van der Waals surface area contributed by atoms with Gasteiger partial charge < -0.3 is 24.3 Å². The van der Waals surface area contributed by atoms with E-state index in [0.29, 0.717) is 18.7 Å². The molecule has 2 aromatic rings. The zero-order valence-corrected chi connectivity index (χ0v) is 13.5. The summed E-state index contributed by atoms with van der Waals surface area (Å²) in [5.74, 6) is 0.367. The van der Waals surface area contributed by atoms with Gasteiger partial charge in [0.05, 0.1) is 18.9 Å². The molecule has 128 valence electrons. The number of H-pyrrole nitrogens is 1. The number of aryl methyl sites for hydroxylation is 1. The molecule has 2 atom stereocenters. The van der Waals surface area contributed by atoms with Gasteiger partial charge in [-0.3, -0.25) is 9.59 Å². The number of likely N-dealkylation sites (tertiary alicyclic amines) is 1. The Kier molecular flexibility index (Phi) is 4.39. The SMILES string of the molecule is COc1c[nH]c(C(=O)N2C[C@@H](Cc3cc(C)no3)[C@@H](O)C2)cc1=O. The van der Waals surface area contributed by atoms with Gasteiger partial charge in [0.15, 0.2) is 5.75 Å². The van der Waals surface area contributed by atoms with Crippen LogP contribution in [0.4, 0.5) is 0 Å². The highest BCUT2D eigenvalue weighted by atomic mass is 16.5. The Balaban J connectivity index is 1.70. The normalized spacial score (nSPS) is 20.4. The van der Waals surface area contributed by atoms with Crippen LogP contribution in [0.25, 0.3) is 0 Å². The molecule has 0 unspecified atom stereocenters. The number of aromatic amines is 1. The van der Waals surface area contributed by atoms with E-state index in [-0.39, 0.29) is 35.2 Å². The second kappa shape index (κ2) is 6.48. The van der Waals surface area contributed by atoms with E-state index in [1.54, 1.807) is 0 Å². The molecule has 1 aliphatic rings. The van der Waals surface area contributed by atoms with Crippen LogP contribution < -0.4 is 10.2 Å². The number of aliphatic hydroxyl groups is 1. The van der Waals surface area contributed by atoms with Gasteiger partial charge in [0.2, 0.25) is 5.43 Å². The predicted molar refractivity (Wildman–Crippen MR) is 84.0 cm³/mol. The van der Waals surface area contributed by atoms with E-state index in [4.69, 9.17) is 9.26 Å². The first-order valence-electron chi connectivity index (χ1n) is 7.64. The highest BCUT2D eigenvalue weighted by molar-refractivity contribution is 5.92. The van der Waals surface area contributed by atoms with Gasteiger partial charge in [-0.1, -0.05) is 5.16 Å². The number of methoxy groups -OCH3 is 1. The van der Waals surface area contributed by atoms with Crippen molar-refractivity contribution in [3.63, 3.8) is 0 Å². The number of hydrogen-bond donors (Lipinski definition) is 2. The molecule has 1 aliphatic heterocycles. The molecule has 0 spiro atoms. The zero-order chi connectivity index (χ0) is 17.3. The summed E-state index contributed by atoms with van der Waals surface area (Å²) in [6.07, 6.45) is 1.21. The molecular weight excluding hydrogens is 314 g/mol. The molecule has 0 aromatic carbocycles. The smallest absolute Gasteiger partial charge is 0.270 e. The summed E-state index contributed by atoms with van der Waals surface area (Å²) in [7, 11) is 1.39. The number of nitrogens with one attached hydrogen (secondary N) is 1. The maximum Gasteiger partial charge on any atom is 0.270 e. The van der Waals surface area contributed by atoms with Gasteiger partial charge in [0, 0.05) is 43.8 Å². The minimum Gasteiger partial charge on any atom is -0.491 e. The number of rotatable bonds is 4. The van der Waals surface area contributed by atoms with Crippen LogP contribution in [-0.4, -0.2) is 52.4 Å². The lowest BCUT2D eigenvalue weighted by Crippen LogP contribution is -2.31. The van der Waals surface area contributed by atoms with Crippen LogP contribution in [0.5, 0.6) is 5.75 Å². The molecule has 2 N–H and O–H groups in total. The maximum atomic E-state index is 12.5. The van der Waals surface area contributed by atoms with E-state index >= 15 is 0 Å². The van der Waals surface area contributed by atoms with Crippen LogP contribution >= 0.6 is 0 Å². The van der Waals surface area contributed by atoms with Crippen LogP contribution in [0, 0.1) is 12.8 Å². The largest absolute Gasteiger partial charge is 0.491 e. The second-order valence-electron chi connectivity index (χ2n) is 5.96. The van der Waals surface area contributed by atoms with Crippen molar-refractivity contribution in [2.75, 3.05) is 20.2 Å². The van der Waals surface area contributed by atoms with Crippen molar-refractivity contribution in [1.82, 2.24) is 15.0 Å². The summed E-state index contributed by atoms with van der Waals surface area (Å²) in [4.78, 5) is 28.6. The van der Waals surface area contributed by atoms with Crippen LogP contribution in [0.1, 0.15) is 21.9 Å². The standard InChI is InChI=1S/C16H19N3O5/c1-9-3-11(24-18-9)4-10-7-19(8-14(10)21)16(22)12-5-13(20)15(23-2)6-17-12/h3,5-6,10,14,21H,4,7-8H2,1-2H3,(H,17,20)/t10-,14+/m1/s1. The van der Waals surface area contributed by atoms with Crippen molar-refractivity contribution in [3.05, 3.63) is 45.7 Å². The van der Waals surface area contributed by atoms with E-state index in [9.17, 15) is 14.7 Å². The second-order valence-corrected chi connectivity index (χ2v) is 5.96. The first-order chi connectivity index (χ1) is 11.5. The number of pyridine rings is 1. The van der Waals surface area contributed by atoms with Gasteiger partial charge in [-0.05, 0) is 6.92 Å². The highest BCUT2D eigenvalue weighted by Crippen LogP contribution is 2.23. The number of ether oxygens (including phenoxy) is 1. The van der Waals surface area contributed by atoms with Gasteiger partial charge in [0.25, 0.3) is 5.91 Å². The van der Waals surface area contributed by atoms with Gasteiger partial charge in [-0.2, -0.15) is 0 Å². The fraction of sp³-hybridized carbons (Fsp3) is 0.438. The number of amides is 1. The fourth-order valence-corrected chi connectivity index (χ4v) is 2.90. The third kappa shape index (κ3) is 3.18. The minimum atomic E-state index is -0.649. The van der Waals surface area contributed by atoms with Crippen LogP contribution in [0.3, 0.4) is 0 Å². The summed E-state index contributed by atoms with van der Waals surface area (Å²) in [5, 5.41) is 14.0. The van der Waals surface area contributed by atoms with Gasteiger partial charge in [-0.25, -0.2) is 0 Å². The third-order valence-corrected chi connectivity index (χ3v) is 4.16. The quantitative estimate of drug-likeness (QED) is 0.836. The topological polar surface area (TPSA) is 109 Å². The zero-order valence-electron chi connectivity index (χ0n) is 13.5. The number of β-amino-alcohol motifs (C(OH)–C–C–N with tert-alkyl or cyclic N) is 1. The molecular formula is C16H19N3O5. The highest BCUT2D eigenvalue weighted by Gasteiger charge is 2.35. The summed E-state index contributed by atoms with van der Waals surface area (Å²) in [6, 6.07) is 3.03. The van der Waals surface area contributed by atoms with Crippen LogP contribution in [-0.2, 0) is 6.42 Å². The Morgan fingerprint density at radius 2 is 2.29 bits per heavy atom. The molecule has 1 saturated heterocycles. The van der Waals surface area contributed by atoms with E-state index in [0.717, 1.165) is 5.69 Å². The monoisotopic (exact) mass is 333 g/mol. The average molecular weight is 333 g/mol. The lowest BCUT2D eigenvalue weighted by Gasteiger charge is -2.15. The molecule has 3 heterocycles. The number of carbonyl (C=O) groups is 1. The van der Waals surface area contributed by atoms with E-state index in [1.165, 1.54) is 24.3 Å². The number of aliphatic hydroxyl groups excluding tert-OH is 1. The van der Waals surface area contributed by atoms with Crippen molar-refractivity contribution < 1.29 is 19.2 Å². The molecule has 1 fully saturated rings. The summed E-state index contributed by atoms with van der Waals surface area (Å²) in [5.41, 5.74) is 0.582. The Morgan fingerprint density at radius 3 is 2.92 bits per heavy atom. The number of aromatic nitrogens is 2. The summed E-state index contributed by atoms with van der Waals surface area (Å²) in [6.45, 7) is 2.42. The summed E-state index contributed by atoms with van der Waals surface area (Å²) < 4.78 is 10.1. The molecule has 2 aromatic heterocycles. The fourth-order valence-electron chi connectivity index (χ4n) is 2.90. The molecule has 8 heteroatoms. The Hall–Kier alpha value is -2.61. The molecule has 0 aliphatic carbocycles. The molecule has 0 bridgehead atoms. The van der Waals surface area contributed by atoms with Crippen molar-refractivity contribution in [2.45, 2.75) is 19.4 Å². The van der Waals surface area contributed by atoms with Crippen LogP contribution in [0.2, 0.25) is 0 Å². The molecule has 0 radical (unpaired) electrons. The molecule has 8 nitrogen and oxygen atoms in total. The van der Waals surface area contributed by atoms with E-state index < -0.39 is 6.10 Å². The number of nitrogens with zero attached hydrogens (tertiary/aromatic N) is 2. The van der Waals surface area contributed by atoms with E-state index in [1.807, 2.05) is 13.0 Å². The summed E-state index contributed by atoms with van der Waals surface area (Å²) >= 11 is 0. The van der Waals surface area contributed by atoms with Crippen molar-refractivity contribution in [1.29, 1.82) is 0 Å². The Morgan fingerprint density at radius 1 is 1.50 bits per heavy atom. The predicted octanol–water partition coefficient (Wildman–Crippen LogP) is 0.356. The Labute approximate surface area is 138 Å². The lowest BCUT2D eigenvalue weighted by atomic mass is 10.0. The van der Waals surface area contributed by atoms with Gasteiger partial charge in [-0.15, -0.1) is 0 Å². The first-order valence-corrected chi connectivity index (χ1v) is 7.64. The Bertz CT molecular complexity index is 797. The number of carbonyl (C=O) groups excluding carboxylic acids is 1. The third-order valence-electron chi connectivity index (χ3n) is 4.16. The molecule has 0 saturated carbocycles. The lowest BCUT2D eigenvalue weighted by molar-refractivity contribution is 0.0758. The first kappa shape index (κ1) is 16.3. The number of hydrogen-bond acceptors (Lipinski definition) is 6. The molecule has 1 amide bonds. The van der Waals surface area contributed by atoms with Gasteiger partial charge >= 0.3 is 0 Å². The molecule has 24 heavy (non-hydrogen) atoms. The van der Waals surface area contributed by atoms with Crippen LogP contribution in [0.15, 0.2) is 27.6 Å². The minimum absolute atomic E-state index is 0.133. The molecule has 3 rings (SSSR count). The maximum absolute atomic E-state index is 12.5. The van der Waals surface area contributed by atoms with Gasteiger partial charge in [0.1, 0.15) is 11.5 Å². The van der Waals surface area contributed by atoms with E-state index in [2.05, 4.69) is 10.1 Å². The average Bonchev–Trinajstić information content (AvgIpc) is 3.13. The van der Waals surface area contributed by atoms with Crippen molar-refractivity contribution in [2.24, 2.45) is 5.92 Å². The van der Waals surface area contributed by atoms with Crippen molar-refractivity contribution >= 4 is 5.91 Å². The van der Waals surface area contributed by atoms with Crippen molar-refractivity contribution in [3.8, 4) is 5.75 Å².